The number of nitrogens with one attached hydrogen (secondary N) is 2. The number of aromatic nitrogens is 1. The van der Waals surface area contributed by atoms with E-state index < -0.39 is 0 Å². The van der Waals surface area contributed by atoms with Gasteiger partial charge in [-0.05, 0) is 29.8 Å². The van der Waals surface area contributed by atoms with E-state index in [-0.39, 0.29) is 30.4 Å². The number of fused-ring (bicyclic) bond motifs is 3. The van der Waals surface area contributed by atoms with Crippen LogP contribution in [0.2, 0.25) is 0 Å². The summed E-state index contributed by atoms with van der Waals surface area (Å²) >= 11 is 0. The zero-order valence-corrected chi connectivity index (χ0v) is 18.9. The largest absolute Gasteiger partial charge is 0.491 e. The number of nitrogens with zero attached hydrogens (tertiary/aromatic N) is 1. The zero-order chi connectivity index (χ0) is 23.4. The molecule has 1 saturated heterocycles. The van der Waals surface area contributed by atoms with E-state index in [4.69, 9.17) is 9.47 Å². The minimum absolute atomic E-state index is 0.0617. The molecule has 176 valence electrons. The van der Waals surface area contributed by atoms with Crippen molar-refractivity contribution in [1.82, 2.24) is 15.2 Å². The maximum atomic E-state index is 13.2. The Morgan fingerprint density at radius 1 is 1.09 bits per heavy atom. The van der Waals surface area contributed by atoms with E-state index in [2.05, 4.69) is 16.7 Å². The average molecular weight is 462 g/mol. The van der Waals surface area contributed by atoms with Crippen molar-refractivity contribution in [3.05, 3.63) is 64.8 Å². The van der Waals surface area contributed by atoms with Crippen LogP contribution in [0.25, 0.3) is 10.9 Å². The first-order valence-electron chi connectivity index (χ1n) is 11.7. The Bertz CT molecular complexity index is 1290. The van der Waals surface area contributed by atoms with Gasteiger partial charge in [-0.15, -0.1) is 0 Å². The molecule has 0 spiro atoms. The van der Waals surface area contributed by atoms with Gasteiger partial charge < -0.3 is 29.8 Å². The second-order valence-electron chi connectivity index (χ2n) is 9.26. The monoisotopic (exact) mass is 461 g/mol. The number of benzene rings is 2. The minimum Gasteiger partial charge on any atom is -0.491 e. The number of rotatable bonds is 6. The molecular formula is C26H27N3O5. The number of amides is 2. The van der Waals surface area contributed by atoms with Gasteiger partial charge in [-0.25, -0.2) is 0 Å². The summed E-state index contributed by atoms with van der Waals surface area (Å²) in [5, 5.41) is 16.3. The van der Waals surface area contributed by atoms with E-state index in [1.807, 2.05) is 35.0 Å². The standard InChI is InChI=1S/C26H27N3O5/c1-27-26(32)18-10-14(25(31)28-23-20-11-33-12-21(20)23)9-17-19(13-34-24(17)18)15-3-2-4-22-16(15)5-6-29(22)7-8-30/h2-6,9-10,19-21,23,30H,7-8,11-13H2,1H3,(H,27,32)(H,28,31)/t19?,20-,21+,23+. The molecule has 8 nitrogen and oxygen atoms in total. The highest BCUT2D eigenvalue weighted by Gasteiger charge is 2.54. The number of ether oxygens (including phenoxy) is 2. The molecule has 1 unspecified atom stereocenters. The Hall–Kier alpha value is -3.36. The van der Waals surface area contributed by atoms with Gasteiger partial charge in [-0.2, -0.15) is 0 Å². The van der Waals surface area contributed by atoms with Gasteiger partial charge >= 0.3 is 0 Å². The summed E-state index contributed by atoms with van der Waals surface area (Å²) in [6.07, 6.45) is 1.97. The molecule has 0 radical (unpaired) electrons. The molecule has 3 N–H and O–H groups in total. The number of carbonyl (C=O) groups is 2. The molecular weight excluding hydrogens is 434 g/mol. The van der Waals surface area contributed by atoms with Crippen LogP contribution in [0, 0.1) is 11.8 Å². The summed E-state index contributed by atoms with van der Waals surface area (Å²) in [7, 11) is 1.57. The number of hydrogen-bond acceptors (Lipinski definition) is 5. The van der Waals surface area contributed by atoms with Gasteiger partial charge in [-0.1, -0.05) is 12.1 Å². The van der Waals surface area contributed by atoms with Crippen molar-refractivity contribution in [3.63, 3.8) is 0 Å². The van der Waals surface area contributed by atoms with Crippen molar-refractivity contribution in [3.8, 4) is 5.75 Å². The topological polar surface area (TPSA) is 102 Å². The van der Waals surface area contributed by atoms with Gasteiger partial charge in [0.2, 0.25) is 0 Å². The first-order valence-corrected chi connectivity index (χ1v) is 11.7. The first kappa shape index (κ1) is 21.2. The van der Waals surface area contributed by atoms with Crippen LogP contribution in [-0.4, -0.2) is 61.0 Å². The van der Waals surface area contributed by atoms with Crippen molar-refractivity contribution >= 4 is 22.7 Å². The minimum atomic E-state index is -0.282. The average Bonchev–Trinajstić information content (AvgIpc) is 3.32. The summed E-state index contributed by atoms with van der Waals surface area (Å²) in [6, 6.07) is 11.8. The third-order valence-electron chi connectivity index (χ3n) is 7.43. The van der Waals surface area contributed by atoms with Crippen molar-refractivity contribution in [2.45, 2.75) is 18.5 Å². The highest BCUT2D eigenvalue weighted by molar-refractivity contribution is 6.02. The van der Waals surface area contributed by atoms with Crippen LogP contribution in [0.4, 0.5) is 0 Å². The Morgan fingerprint density at radius 2 is 1.91 bits per heavy atom. The second-order valence-corrected chi connectivity index (χ2v) is 9.26. The lowest BCUT2D eigenvalue weighted by molar-refractivity contribution is 0.0929. The third-order valence-corrected chi connectivity index (χ3v) is 7.43. The van der Waals surface area contributed by atoms with Gasteiger partial charge in [0.25, 0.3) is 11.8 Å². The molecule has 8 heteroatoms. The fraction of sp³-hybridized carbons (Fsp3) is 0.385. The zero-order valence-electron chi connectivity index (χ0n) is 18.9. The van der Waals surface area contributed by atoms with Gasteiger partial charge in [0, 0.05) is 65.6 Å². The molecule has 3 aromatic rings. The predicted molar refractivity (Wildman–Crippen MR) is 125 cm³/mol. The Labute approximate surface area is 196 Å². The van der Waals surface area contributed by atoms with Crippen LogP contribution in [0.3, 0.4) is 0 Å². The molecule has 4 atom stereocenters. The van der Waals surface area contributed by atoms with Crippen LogP contribution in [0.15, 0.2) is 42.6 Å². The maximum absolute atomic E-state index is 13.2. The molecule has 2 aromatic carbocycles. The molecule has 2 amide bonds. The molecule has 1 aliphatic carbocycles. The molecule has 0 bridgehead atoms. The summed E-state index contributed by atoms with van der Waals surface area (Å²) in [6.45, 7) is 2.35. The van der Waals surface area contributed by atoms with Gasteiger partial charge in [0.15, 0.2) is 0 Å². The molecule has 2 aliphatic heterocycles. The number of aliphatic hydroxyl groups excluding tert-OH is 1. The van der Waals surface area contributed by atoms with Crippen LogP contribution in [0.5, 0.6) is 5.75 Å². The third kappa shape index (κ3) is 3.28. The highest BCUT2D eigenvalue weighted by Crippen LogP contribution is 2.45. The number of aliphatic hydroxyl groups is 1. The molecule has 2 fully saturated rings. The highest BCUT2D eigenvalue weighted by atomic mass is 16.5. The molecule has 3 aliphatic rings. The lowest BCUT2D eigenvalue weighted by Crippen LogP contribution is -2.30. The lowest BCUT2D eigenvalue weighted by atomic mass is 9.88. The van der Waals surface area contributed by atoms with Crippen LogP contribution in [0.1, 0.15) is 37.8 Å². The number of hydrogen-bond donors (Lipinski definition) is 3. The van der Waals surface area contributed by atoms with Crippen LogP contribution < -0.4 is 15.4 Å². The van der Waals surface area contributed by atoms with Crippen LogP contribution >= 0.6 is 0 Å². The molecule has 34 heavy (non-hydrogen) atoms. The van der Waals surface area contributed by atoms with E-state index in [9.17, 15) is 14.7 Å². The van der Waals surface area contributed by atoms with Crippen molar-refractivity contribution < 1.29 is 24.2 Å². The molecule has 1 aromatic heterocycles. The summed E-state index contributed by atoms with van der Waals surface area (Å²) in [5.74, 6) is 0.751. The van der Waals surface area contributed by atoms with Crippen molar-refractivity contribution in [1.29, 1.82) is 0 Å². The second kappa shape index (κ2) is 8.14. The smallest absolute Gasteiger partial charge is 0.254 e. The van der Waals surface area contributed by atoms with E-state index in [1.54, 1.807) is 13.1 Å². The Kier molecular flexibility index (Phi) is 5.08. The van der Waals surface area contributed by atoms with Gasteiger partial charge in [-0.3, -0.25) is 9.59 Å². The summed E-state index contributed by atoms with van der Waals surface area (Å²) < 4.78 is 13.5. The first-order chi connectivity index (χ1) is 16.6. The lowest BCUT2D eigenvalue weighted by Gasteiger charge is -2.15. The molecule has 1 saturated carbocycles. The fourth-order valence-corrected chi connectivity index (χ4v) is 5.56. The quantitative estimate of drug-likeness (QED) is 0.521. The van der Waals surface area contributed by atoms with Crippen molar-refractivity contribution in [2.75, 3.05) is 33.5 Å². The Balaban J connectivity index is 1.39. The van der Waals surface area contributed by atoms with E-state index in [0.29, 0.717) is 55.1 Å². The number of carbonyl (C=O) groups excluding carboxylic acids is 2. The van der Waals surface area contributed by atoms with Crippen LogP contribution in [-0.2, 0) is 11.3 Å². The SMILES string of the molecule is CNC(=O)c1cc(C(=O)N[C@H]2[C@@H]3COC[C@@H]32)cc2c1OCC2c1cccc2c1ccn2CCO. The normalized spacial score (nSPS) is 24.4. The predicted octanol–water partition coefficient (Wildman–Crippen LogP) is 1.89. The Morgan fingerprint density at radius 3 is 2.68 bits per heavy atom. The molecule has 6 rings (SSSR count). The maximum Gasteiger partial charge on any atom is 0.254 e. The summed E-state index contributed by atoms with van der Waals surface area (Å²) in [4.78, 5) is 25.9. The van der Waals surface area contributed by atoms with E-state index in [0.717, 1.165) is 22.0 Å². The molecule has 3 heterocycles. The van der Waals surface area contributed by atoms with Gasteiger partial charge in [0.1, 0.15) is 5.75 Å². The van der Waals surface area contributed by atoms with E-state index >= 15 is 0 Å². The van der Waals surface area contributed by atoms with E-state index in [1.165, 1.54) is 0 Å². The van der Waals surface area contributed by atoms with Crippen molar-refractivity contribution in [2.24, 2.45) is 11.8 Å². The fourth-order valence-electron chi connectivity index (χ4n) is 5.56. The summed E-state index contributed by atoms with van der Waals surface area (Å²) in [5.41, 5.74) is 3.78. The van der Waals surface area contributed by atoms with Gasteiger partial charge in [0.05, 0.1) is 32.0 Å².